The Kier molecular flexibility index (Phi) is 4.98. The lowest BCUT2D eigenvalue weighted by Crippen LogP contribution is -2.28. The van der Waals surface area contributed by atoms with E-state index in [1.54, 1.807) is 46.3 Å². The van der Waals surface area contributed by atoms with Crippen molar-refractivity contribution in [1.82, 2.24) is 4.72 Å². The summed E-state index contributed by atoms with van der Waals surface area (Å²) in [5, 5.41) is 0. The van der Waals surface area contributed by atoms with Crippen LogP contribution in [0.2, 0.25) is 0 Å². The maximum atomic E-state index is 11.6. The number of methoxy groups -OCH3 is 2. The van der Waals surface area contributed by atoms with E-state index in [9.17, 15) is 8.42 Å². The summed E-state index contributed by atoms with van der Waals surface area (Å²) in [6.45, 7) is 3.36. The molecular formula is C12H19NO4S. The van der Waals surface area contributed by atoms with Gasteiger partial charge in [0.25, 0.3) is 0 Å². The summed E-state index contributed by atoms with van der Waals surface area (Å²) in [5.41, 5.74) is 0.744. The van der Waals surface area contributed by atoms with E-state index in [-0.39, 0.29) is 11.8 Å². The zero-order valence-corrected chi connectivity index (χ0v) is 11.9. The Bertz CT molecular complexity index is 499. The summed E-state index contributed by atoms with van der Waals surface area (Å²) in [6, 6.07) is 4.91. The van der Waals surface area contributed by atoms with E-state index in [2.05, 4.69) is 4.72 Å². The molecule has 0 bridgehead atoms. The zero-order chi connectivity index (χ0) is 13.8. The zero-order valence-electron chi connectivity index (χ0n) is 11.1. The summed E-state index contributed by atoms with van der Waals surface area (Å²) in [4.78, 5) is 0. The highest BCUT2D eigenvalue weighted by Crippen LogP contribution is 2.29. The van der Waals surface area contributed by atoms with Crippen LogP contribution in [0, 0.1) is 0 Å². The van der Waals surface area contributed by atoms with Gasteiger partial charge in [-0.25, -0.2) is 13.1 Å². The average molecular weight is 273 g/mol. The van der Waals surface area contributed by atoms with Crippen molar-refractivity contribution in [1.29, 1.82) is 0 Å². The van der Waals surface area contributed by atoms with Crippen LogP contribution in [0.1, 0.15) is 25.5 Å². The van der Waals surface area contributed by atoms with E-state index in [1.165, 1.54) is 0 Å². The van der Waals surface area contributed by atoms with Crippen LogP contribution >= 0.6 is 0 Å². The normalized spacial score (nSPS) is 13.1. The van der Waals surface area contributed by atoms with Gasteiger partial charge < -0.3 is 9.47 Å². The van der Waals surface area contributed by atoms with Crippen LogP contribution in [-0.2, 0) is 10.0 Å². The molecule has 0 spiro atoms. The maximum Gasteiger partial charge on any atom is 0.211 e. The van der Waals surface area contributed by atoms with Crippen molar-refractivity contribution in [2.75, 3.05) is 20.0 Å². The smallest absolute Gasteiger partial charge is 0.211 e. The van der Waals surface area contributed by atoms with Crippen LogP contribution in [0.4, 0.5) is 0 Å². The molecule has 0 saturated heterocycles. The molecule has 0 aliphatic rings. The molecule has 102 valence electrons. The lowest BCUT2D eigenvalue weighted by Gasteiger charge is -2.17. The molecule has 5 nitrogen and oxygen atoms in total. The molecule has 0 fully saturated rings. The quantitative estimate of drug-likeness (QED) is 0.857. The minimum absolute atomic E-state index is 0.0453. The molecular weight excluding hydrogens is 254 g/mol. The number of hydrogen-bond donors (Lipinski definition) is 1. The van der Waals surface area contributed by atoms with Crippen LogP contribution in [0.5, 0.6) is 11.5 Å². The van der Waals surface area contributed by atoms with E-state index >= 15 is 0 Å². The molecule has 1 N–H and O–H groups in total. The Morgan fingerprint density at radius 2 is 1.94 bits per heavy atom. The minimum Gasteiger partial charge on any atom is -0.497 e. The Morgan fingerprint density at radius 3 is 2.44 bits per heavy atom. The van der Waals surface area contributed by atoms with Gasteiger partial charge in [-0.1, -0.05) is 0 Å². The van der Waals surface area contributed by atoms with Crippen molar-refractivity contribution in [2.24, 2.45) is 0 Å². The third-order valence-corrected chi connectivity index (χ3v) is 4.11. The van der Waals surface area contributed by atoms with Gasteiger partial charge in [-0.15, -0.1) is 0 Å². The van der Waals surface area contributed by atoms with Crippen molar-refractivity contribution >= 4 is 10.0 Å². The molecule has 0 aliphatic heterocycles. The third kappa shape index (κ3) is 3.61. The molecule has 1 atom stereocenters. The van der Waals surface area contributed by atoms with Crippen LogP contribution in [0.15, 0.2) is 18.2 Å². The maximum absolute atomic E-state index is 11.6. The second-order valence-corrected chi connectivity index (χ2v) is 5.89. The summed E-state index contributed by atoms with van der Waals surface area (Å²) in [7, 11) is -0.148. The summed E-state index contributed by atoms with van der Waals surface area (Å²) in [5.74, 6) is 1.33. The SMILES string of the molecule is CCS(=O)(=O)N[C@@H](C)c1cc(OC)ccc1OC. The second-order valence-electron chi connectivity index (χ2n) is 3.85. The lowest BCUT2D eigenvalue weighted by molar-refractivity contribution is 0.395. The van der Waals surface area contributed by atoms with Crippen LogP contribution < -0.4 is 14.2 Å². The van der Waals surface area contributed by atoms with Crippen molar-refractivity contribution in [3.8, 4) is 11.5 Å². The fourth-order valence-electron chi connectivity index (χ4n) is 1.59. The summed E-state index contributed by atoms with van der Waals surface area (Å²) < 4.78 is 36.0. The van der Waals surface area contributed by atoms with Crippen molar-refractivity contribution in [3.63, 3.8) is 0 Å². The van der Waals surface area contributed by atoms with E-state index in [0.29, 0.717) is 11.5 Å². The molecule has 0 heterocycles. The van der Waals surface area contributed by atoms with Gasteiger partial charge in [-0.3, -0.25) is 0 Å². The first-order valence-electron chi connectivity index (χ1n) is 5.65. The first-order valence-corrected chi connectivity index (χ1v) is 7.30. The first kappa shape index (κ1) is 14.8. The van der Waals surface area contributed by atoms with Crippen LogP contribution in [0.25, 0.3) is 0 Å². The van der Waals surface area contributed by atoms with E-state index < -0.39 is 10.0 Å². The Balaban J connectivity index is 3.06. The topological polar surface area (TPSA) is 64.6 Å². The van der Waals surface area contributed by atoms with Gasteiger partial charge >= 0.3 is 0 Å². The standard InChI is InChI=1S/C12H19NO4S/c1-5-18(14,15)13-9(2)11-8-10(16-3)6-7-12(11)17-4/h6-9,13H,5H2,1-4H3/t9-/m0/s1. The number of benzene rings is 1. The molecule has 0 radical (unpaired) electrons. The van der Waals surface area contributed by atoms with Crippen LogP contribution in [-0.4, -0.2) is 28.4 Å². The molecule has 0 saturated carbocycles. The molecule has 1 rings (SSSR count). The van der Waals surface area contributed by atoms with Gasteiger partial charge in [0.1, 0.15) is 11.5 Å². The molecule has 0 aliphatic carbocycles. The van der Waals surface area contributed by atoms with Crippen molar-refractivity contribution < 1.29 is 17.9 Å². The van der Waals surface area contributed by atoms with E-state index in [4.69, 9.17) is 9.47 Å². The highest BCUT2D eigenvalue weighted by molar-refractivity contribution is 7.89. The predicted molar refractivity (Wildman–Crippen MR) is 70.6 cm³/mol. The van der Waals surface area contributed by atoms with Gasteiger partial charge in [0, 0.05) is 11.6 Å². The average Bonchev–Trinajstić information content (AvgIpc) is 2.37. The van der Waals surface area contributed by atoms with E-state index in [1.807, 2.05) is 0 Å². The van der Waals surface area contributed by atoms with Crippen molar-refractivity contribution in [3.05, 3.63) is 23.8 Å². The third-order valence-electron chi connectivity index (χ3n) is 2.64. The van der Waals surface area contributed by atoms with E-state index in [0.717, 1.165) is 5.56 Å². The van der Waals surface area contributed by atoms with Gasteiger partial charge in [0.2, 0.25) is 10.0 Å². The van der Waals surface area contributed by atoms with Gasteiger partial charge in [0.05, 0.1) is 20.0 Å². The van der Waals surface area contributed by atoms with Crippen molar-refractivity contribution in [2.45, 2.75) is 19.9 Å². The number of sulfonamides is 1. The molecule has 6 heteroatoms. The highest BCUT2D eigenvalue weighted by atomic mass is 32.2. The second kappa shape index (κ2) is 6.06. The summed E-state index contributed by atoms with van der Waals surface area (Å²) in [6.07, 6.45) is 0. The van der Waals surface area contributed by atoms with Gasteiger partial charge in [-0.2, -0.15) is 0 Å². The summed E-state index contributed by atoms with van der Waals surface area (Å²) >= 11 is 0. The Hall–Kier alpha value is -1.27. The fraction of sp³-hybridized carbons (Fsp3) is 0.500. The number of nitrogens with one attached hydrogen (secondary N) is 1. The predicted octanol–water partition coefficient (Wildman–Crippen LogP) is 1.70. The fourth-order valence-corrected chi connectivity index (χ4v) is 2.43. The Morgan fingerprint density at radius 1 is 1.28 bits per heavy atom. The molecule has 18 heavy (non-hydrogen) atoms. The minimum atomic E-state index is -3.26. The number of hydrogen-bond acceptors (Lipinski definition) is 4. The van der Waals surface area contributed by atoms with Crippen LogP contribution in [0.3, 0.4) is 0 Å². The molecule has 0 unspecified atom stereocenters. The molecule has 1 aromatic carbocycles. The Labute approximate surface area is 108 Å². The number of rotatable bonds is 6. The first-order chi connectivity index (χ1) is 8.43. The molecule has 0 amide bonds. The van der Waals surface area contributed by atoms with Gasteiger partial charge in [0.15, 0.2) is 0 Å². The monoisotopic (exact) mass is 273 g/mol. The molecule has 1 aromatic rings. The number of ether oxygens (including phenoxy) is 2. The largest absolute Gasteiger partial charge is 0.497 e. The lowest BCUT2D eigenvalue weighted by atomic mass is 10.1. The highest BCUT2D eigenvalue weighted by Gasteiger charge is 2.17. The van der Waals surface area contributed by atoms with Gasteiger partial charge in [-0.05, 0) is 32.0 Å². The molecule has 0 aromatic heterocycles.